The first kappa shape index (κ1) is 21.4. The quantitative estimate of drug-likeness (QED) is 0.776. The number of fused-ring (bicyclic) bond motifs is 1. The Morgan fingerprint density at radius 3 is 2.52 bits per heavy atom. The minimum absolute atomic E-state index is 0.0232. The van der Waals surface area contributed by atoms with Crippen molar-refractivity contribution >= 4 is 29.3 Å². The van der Waals surface area contributed by atoms with Gasteiger partial charge >= 0.3 is 0 Å². The molecule has 0 spiro atoms. The lowest BCUT2D eigenvalue weighted by Gasteiger charge is -2.47. The third-order valence-corrected chi connectivity index (χ3v) is 6.64. The minimum atomic E-state index is -0.611. The molecule has 1 fully saturated rings. The number of benzene rings is 2. The van der Waals surface area contributed by atoms with Crippen LogP contribution in [-0.4, -0.2) is 46.1 Å². The molecule has 4 rings (SSSR count). The number of hydrogen-bond donors (Lipinski definition) is 1. The van der Waals surface area contributed by atoms with E-state index in [4.69, 9.17) is 11.6 Å². The molecule has 162 valence electrons. The SMILES string of the molecule is CC(=O)N1CCC(CC(=O)NCc2cccc(Cl)c2)(N2Cc3ccccc3C2=O)CC1. The lowest BCUT2D eigenvalue weighted by molar-refractivity contribution is -0.132. The van der Waals surface area contributed by atoms with Gasteiger partial charge < -0.3 is 15.1 Å². The maximum atomic E-state index is 13.2. The Hall–Kier alpha value is -2.86. The molecule has 7 heteroatoms. The highest BCUT2D eigenvalue weighted by Crippen LogP contribution is 2.38. The van der Waals surface area contributed by atoms with Crippen LogP contribution in [0, 0.1) is 0 Å². The highest BCUT2D eigenvalue weighted by atomic mass is 35.5. The van der Waals surface area contributed by atoms with E-state index in [1.807, 2.05) is 47.4 Å². The molecule has 0 aliphatic carbocycles. The van der Waals surface area contributed by atoms with Crippen molar-refractivity contribution < 1.29 is 14.4 Å². The topological polar surface area (TPSA) is 69.7 Å². The van der Waals surface area contributed by atoms with Gasteiger partial charge in [-0.05, 0) is 42.2 Å². The second-order valence-electron chi connectivity index (χ2n) is 8.36. The summed E-state index contributed by atoms with van der Waals surface area (Å²) < 4.78 is 0. The van der Waals surface area contributed by atoms with Crippen molar-refractivity contribution in [2.75, 3.05) is 13.1 Å². The van der Waals surface area contributed by atoms with Crippen LogP contribution in [0.15, 0.2) is 48.5 Å². The number of amides is 3. The molecule has 3 amide bonds. The second kappa shape index (κ2) is 8.71. The van der Waals surface area contributed by atoms with E-state index in [-0.39, 0.29) is 24.1 Å². The van der Waals surface area contributed by atoms with Crippen LogP contribution in [-0.2, 0) is 22.7 Å². The number of piperidine rings is 1. The third-order valence-electron chi connectivity index (χ3n) is 6.40. The monoisotopic (exact) mass is 439 g/mol. The molecule has 0 atom stereocenters. The highest BCUT2D eigenvalue weighted by Gasteiger charge is 2.47. The summed E-state index contributed by atoms with van der Waals surface area (Å²) in [4.78, 5) is 41.7. The molecule has 2 aliphatic rings. The summed E-state index contributed by atoms with van der Waals surface area (Å²) in [5, 5.41) is 3.60. The first-order chi connectivity index (χ1) is 14.9. The van der Waals surface area contributed by atoms with Crippen molar-refractivity contribution in [1.82, 2.24) is 15.1 Å². The minimum Gasteiger partial charge on any atom is -0.352 e. The van der Waals surface area contributed by atoms with Crippen molar-refractivity contribution in [3.05, 3.63) is 70.2 Å². The summed E-state index contributed by atoms with van der Waals surface area (Å²) in [6, 6.07) is 15.0. The maximum absolute atomic E-state index is 13.2. The van der Waals surface area contributed by atoms with Gasteiger partial charge in [-0.1, -0.05) is 41.9 Å². The number of carbonyl (C=O) groups excluding carboxylic acids is 3. The van der Waals surface area contributed by atoms with Crippen molar-refractivity contribution in [3.8, 4) is 0 Å². The van der Waals surface area contributed by atoms with Crippen LogP contribution in [0.3, 0.4) is 0 Å². The Kier molecular flexibility index (Phi) is 6.01. The zero-order valence-corrected chi connectivity index (χ0v) is 18.3. The van der Waals surface area contributed by atoms with Crippen LogP contribution in [0.5, 0.6) is 0 Å². The van der Waals surface area contributed by atoms with Gasteiger partial charge in [0, 0.05) is 43.7 Å². The Morgan fingerprint density at radius 2 is 1.84 bits per heavy atom. The summed E-state index contributed by atoms with van der Waals surface area (Å²) in [7, 11) is 0. The lowest BCUT2D eigenvalue weighted by atomic mass is 9.82. The van der Waals surface area contributed by atoms with Crippen molar-refractivity contribution in [1.29, 1.82) is 0 Å². The van der Waals surface area contributed by atoms with E-state index < -0.39 is 5.54 Å². The molecule has 0 radical (unpaired) electrons. The number of likely N-dealkylation sites (tertiary alicyclic amines) is 1. The van der Waals surface area contributed by atoms with Gasteiger partial charge in [0.15, 0.2) is 0 Å². The van der Waals surface area contributed by atoms with Gasteiger partial charge in [0.25, 0.3) is 5.91 Å². The van der Waals surface area contributed by atoms with Crippen LogP contribution in [0.2, 0.25) is 5.02 Å². The number of halogens is 1. The van der Waals surface area contributed by atoms with E-state index in [0.717, 1.165) is 11.1 Å². The fraction of sp³-hybridized carbons (Fsp3) is 0.375. The summed E-state index contributed by atoms with van der Waals surface area (Å²) in [5.74, 6) is -0.121. The summed E-state index contributed by atoms with van der Waals surface area (Å²) >= 11 is 6.03. The van der Waals surface area contributed by atoms with Crippen molar-refractivity contribution in [2.24, 2.45) is 0 Å². The van der Waals surface area contributed by atoms with Crippen LogP contribution >= 0.6 is 11.6 Å². The fourth-order valence-electron chi connectivity index (χ4n) is 4.63. The first-order valence-electron chi connectivity index (χ1n) is 10.5. The predicted molar refractivity (Wildman–Crippen MR) is 118 cm³/mol. The zero-order valence-electron chi connectivity index (χ0n) is 17.6. The molecule has 1 N–H and O–H groups in total. The Labute approximate surface area is 187 Å². The van der Waals surface area contributed by atoms with E-state index in [1.54, 1.807) is 17.9 Å². The van der Waals surface area contributed by atoms with E-state index in [2.05, 4.69) is 5.32 Å². The average molecular weight is 440 g/mol. The van der Waals surface area contributed by atoms with Crippen molar-refractivity contribution in [2.45, 2.75) is 44.8 Å². The van der Waals surface area contributed by atoms with Gasteiger partial charge in [0.05, 0.1) is 12.0 Å². The molecular weight excluding hydrogens is 414 g/mol. The standard InChI is InChI=1S/C24H26ClN3O3/c1-17(29)27-11-9-24(10-12-27,28-16-19-6-2-3-8-21(19)23(28)31)14-22(30)26-15-18-5-4-7-20(25)13-18/h2-8,13H,9-12,14-16H2,1H3,(H,26,30). The van der Waals surface area contributed by atoms with Gasteiger partial charge in [0.2, 0.25) is 11.8 Å². The lowest BCUT2D eigenvalue weighted by Crippen LogP contribution is -2.57. The Bertz CT molecular complexity index is 1010. The zero-order chi connectivity index (χ0) is 22.0. The fourth-order valence-corrected chi connectivity index (χ4v) is 4.84. The van der Waals surface area contributed by atoms with E-state index in [9.17, 15) is 14.4 Å². The van der Waals surface area contributed by atoms with Gasteiger partial charge in [-0.2, -0.15) is 0 Å². The molecule has 2 heterocycles. The molecule has 2 aromatic rings. The number of carbonyl (C=O) groups is 3. The predicted octanol–water partition coefficient (Wildman–Crippen LogP) is 3.38. The molecule has 0 aromatic heterocycles. The molecule has 0 bridgehead atoms. The van der Waals surface area contributed by atoms with Gasteiger partial charge in [-0.15, -0.1) is 0 Å². The van der Waals surface area contributed by atoms with E-state index in [0.29, 0.717) is 49.6 Å². The Balaban J connectivity index is 1.52. The molecular formula is C24H26ClN3O3. The molecule has 1 saturated heterocycles. The van der Waals surface area contributed by atoms with E-state index in [1.165, 1.54) is 0 Å². The second-order valence-corrected chi connectivity index (χ2v) is 8.80. The molecule has 0 unspecified atom stereocenters. The summed E-state index contributed by atoms with van der Waals surface area (Å²) in [5.41, 5.74) is 2.00. The molecule has 6 nitrogen and oxygen atoms in total. The highest BCUT2D eigenvalue weighted by molar-refractivity contribution is 6.30. The molecule has 31 heavy (non-hydrogen) atoms. The summed E-state index contributed by atoms with van der Waals surface area (Å²) in [6.07, 6.45) is 1.37. The number of nitrogens with zero attached hydrogens (tertiary/aromatic N) is 2. The maximum Gasteiger partial charge on any atom is 0.254 e. The van der Waals surface area contributed by atoms with Gasteiger partial charge in [-0.25, -0.2) is 0 Å². The first-order valence-corrected chi connectivity index (χ1v) is 10.9. The smallest absolute Gasteiger partial charge is 0.254 e. The molecule has 0 saturated carbocycles. The van der Waals surface area contributed by atoms with Crippen LogP contribution in [0.1, 0.15) is 47.7 Å². The number of nitrogens with one attached hydrogen (secondary N) is 1. The average Bonchev–Trinajstić information content (AvgIpc) is 3.10. The van der Waals surface area contributed by atoms with Crippen LogP contribution < -0.4 is 5.32 Å². The van der Waals surface area contributed by atoms with Gasteiger partial charge in [0.1, 0.15) is 0 Å². The summed E-state index contributed by atoms with van der Waals surface area (Å²) in [6.45, 7) is 3.51. The van der Waals surface area contributed by atoms with Gasteiger partial charge in [-0.3, -0.25) is 14.4 Å². The Morgan fingerprint density at radius 1 is 1.10 bits per heavy atom. The number of rotatable bonds is 5. The number of hydrogen-bond acceptors (Lipinski definition) is 3. The third kappa shape index (κ3) is 4.44. The van der Waals surface area contributed by atoms with Crippen molar-refractivity contribution in [3.63, 3.8) is 0 Å². The molecule has 2 aromatic carbocycles. The molecule has 2 aliphatic heterocycles. The van der Waals surface area contributed by atoms with E-state index >= 15 is 0 Å². The van der Waals surface area contributed by atoms with Crippen LogP contribution in [0.4, 0.5) is 0 Å². The largest absolute Gasteiger partial charge is 0.352 e. The normalized spacial score (nSPS) is 17.4. The van der Waals surface area contributed by atoms with Crippen LogP contribution in [0.25, 0.3) is 0 Å².